The summed E-state index contributed by atoms with van der Waals surface area (Å²) in [5.74, 6) is 0.254. The van der Waals surface area contributed by atoms with Crippen molar-refractivity contribution in [2.24, 2.45) is 0 Å². The molecule has 2 aromatic heterocycles. The lowest BCUT2D eigenvalue weighted by atomic mass is 10.0. The molecule has 0 unspecified atom stereocenters. The van der Waals surface area contributed by atoms with Gasteiger partial charge in [-0.15, -0.1) is 0 Å². The van der Waals surface area contributed by atoms with Crippen molar-refractivity contribution < 1.29 is 9.21 Å². The van der Waals surface area contributed by atoms with Crippen molar-refractivity contribution in [3.05, 3.63) is 114 Å². The minimum absolute atomic E-state index is 0.235. The van der Waals surface area contributed by atoms with Gasteiger partial charge in [-0.1, -0.05) is 78.9 Å². The smallest absolute Gasteiger partial charge is 0.325 e. The quantitative estimate of drug-likeness (QED) is 0.449. The molecule has 0 saturated heterocycles. The number of oxazole rings is 1. The standard InChI is InChI=1S/C25H20N4O2/c30-24(26-16-19-10-7-13-21(14-19)20-11-5-2-6-12-20)23-22(15-18-8-3-1-4-9-18)29-25(31-23)27-17-28-29/h1-14,17H,15-16H2,(H,26,30). The number of carbonyl (C=O) groups is 1. The number of nitrogens with one attached hydrogen (secondary N) is 1. The zero-order chi connectivity index (χ0) is 21.0. The first-order chi connectivity index (χ1) is 15.3. The molecule has 3 aromatic carbocycles. The Morgan fingerprint density at radius 1 is 0.871 bits per heavy atom. The Labute approximate surface area is 179 Å². The van der Waals surface area contributed by atoms with E-state index in [0.717, 1.165) is 22.3 Å². The Morgan fingerprint density at radius 3 is 2.39 bits per heavy atom. The van der Waals surface area contributed by atoms with Crippen molar-refractivity contribution >= 4 is 11.8 Å². The number of carbonyl (C=O) groups excluding carboxylic acids is 1. The topological polar surface area (TPSA) is 72.4 Å². The normalized spacial score (nSPS) is 11.0. The zero-order valence-electron chi connectivity index (χ0n) is 16.7. The number of fused-ring (bicyclic) bond motifs is 1. The van der Waals surface area contributed by atoms with Crippen molar-refractivity contribution in [3.8, 4) is 11.1 Å². The van der Waals surface area contributed by atoms with Crippen LogP contribution >= 0.6 is 0 Å². The Kier molecular flexibility index (Phi) is 5.02. The van der Waals surface area contributed by atoms with Gasteiger partial charge >= 0.3 is 5.84 Å². The van der Waals surface area contributed by atoms with Crippen LogP contribution in [0.5, 0.6) is 0 Å². The first-order valence-corrected chi connectivity index (χ1v) is 10.1. The number of hydrogen-bond donors (Lipinski definition) is 1. The summed E-state index contributed by atoms with van der Waals surface area (Å²) in [5, 5.41) is 7.18. The molecule has 1 amide bonds. The molecule has 1 N–H and O–H groups in total. The molecule has 0 aliphatic rings. The average Bonchev–Trinajstić information content (AvgIpc) is 3.42. The van der Waals surface area contributed by atoms with Crippen LogP contribution in [0, 0.1) is 0 Å². The number of aromatic nitrogens is 3. The number of benzene rings is 3. The maximum Gasteiger partial charge on any atom is 0.325 e. The van der Waals surface area contributed by atoms with Gasteiger partial charge in [0.1, 0.15) is 12.0 Å². The molecule has 6 nitrogen and oxygen atoms in total. The van der Waals surface area contributed by atoms with Gasteiger partial charge in [0.25, 0.3) is 5.91 Å². The molecule has 152 valence electrons. The summed E-state index contributed by atoms with van der Waals surface area (Å²) >= 11 is 0. The highest BCUT2D eigenvalue weighted by molar-refractivity contribution is 5.93. The molecule has 2 heterocycles. The number of rotatable bonds is 6. The van der Waals surface area contributed by atoms with E-state index in [9.17, 15) is 4.79 Å². The van der Waals surface area contributed by atoms with Gasteiger partial charge < -0.3 is 9.73 Å². The Bertz CT molecular complexity index is 1320. The predicted molar refractivity (Wildman–Crippen MR) is 118 cm³/mol. The minimum atomic E-state index is -0.289. The summed E-state index contributed by atoms with van der Waals surface area (Å²) in [6.07, 6.45) is 1.94. The van der Waals surface area contributed by atoms with E-state index in [1.807, 2.05) is 60.7 Å². The van der Waals surface area contributed by atoms with Gasteiger partial charge in [0.2, 0.25) is 5.76 Å². The average molecular weight is 408 g/mol. The zero-order valence-corrected chi connectivity index (χ0v) is 16.7. The summed E-state index contributed by atoms with van der Waals surface area (Å²) < 4.78 is 7.31. The van der Waals surface area contributed by atoms with Crippen LogP contribution in [0.4, 0.5) is 0 Å². The van der Waals surface area contributed by atoms with Gasteiger partial charge in [0, 0.05) is 13.0 Å². The number of nitrogens with zero attached hydrogens (tertiary/aromatic N) is 3. The molecule has 0 spiro atoms. The summed E-state index contributed by atoms with van der Waals surface area (Å²) in [4.78, 5) is 17.1. The van der Waals surface area contributed by atoms with Crippen molar-refractivity contribution in [2.45, 2.75) is 13.0 Å². The molecule has 0 saturated carbocycles. The first-order valence-electron chi connectivity index (χ1n) is 10.1. The van der Waals surface area contributed by atoms with E-state index in [1.54, 1.807) is 4.52 Å². The summed E-state index contributed by atoms with van der Waals surface area (Å²) in [6.45, 7) is 0.390. The fourth-order valence-corrected chi connectivity index (χ4v) is 3.61. The number of hydrogen-bond acceptors (Lipinski definition) is 4. The molecular formula is C25H20N4O2. The Morgan fingerprint density at radius 2 is 1.58 bits per heavy atom. The molecule has 0 radical (unpaired) electrons. The lowest BCUT2D eigenvalue weighted by Crippen LogP contribution is -2.23. The van der Waals surface area contributed by atoms with Crippen LogP contribution in [0.15, 0.2) is 95.7 Å². The van der Waals surface area contributed by atoms with Crippen LogP contribution < -0.4 is 5.32 Å². The lowest BCUT2D eigenvalue weighted by Gasteiger charge is -2.08. The van der Waals surface area contributed by atoms with Gasteiger partial charge in [-0.3, -0.25) is 4.79 Å². The van der Waals surface area contributed by atoms with Crippen LogP contribution in [0.3, 0.4) is 0 Å². The second-order valence-corrected chi connectivity index (χ2v) is 7.24. The molecule has 0 aliphatic heterocycles. The van der Waals surface area contributed by atoms with E-state index in [0.29, 0.717) is 24.5 Å². The summed E-state index contributed by atoms with van der Waals surface area (Å²) in [6, 6.07) is 28.2. The van der Waals surface area contributed by atoms with E-state index >= 15 is 0 Å². The molecular weight excluding hydrogens is 388 g/mol. The van der Waals surface area contributed by atoms with Crippen molar-refractivity contribution in [3.63, 3.8) is 0 Å². The molecule has 0 bridgehead atoms. The minimum Gasteiger partial charge on any atom is -0.416 e. The maximum atomic E-state index is 13.0. The van der Waals surface area contributed by atoms with E-state index in [4.69, 9.17) is 4.42 Å². The van der Waals surface area contributed by atoms with Crippen LogP contribution in [-0.4, -0.2) is 20.5 Å². The summed E-state index contributed by atoms with van der Waals surface area (Å²) in [5.41, 5.74) is 4.99. The predicted octanol–water partition coefficient (Wildman–Crippen LogP) is 4.51. The van der Waals surface area contributed by atoms with Crippen molar-refractivity contribution in [1.29, 1.82) is 0 Å². The third-order valence-electron chi connectivity index (χ3n) is 5.14. The monoisotopic (exact) mass is 408 g/mol. The van der Waals surface area contributed by atoms with Gasteiger partial charge in [0.15, 0.2) is 0 Å². The van der Waals surface area contributed by atoms with Crippen molar-refractivity contribution in [2.75, 3.05) is 0 Å². The van der Waals surface area contributed by atoms with Gasteiger partial charge in [0.05, 0.1) is 0 Å². The largest absolute Gasteiger partial charge is 0.416 e. The van der Waals surface area contributed by atoms with E-state index in [2.05, 4.69) is 39.7 Å². The fraction of sp³-hybridized carbons (Fsp3) is 0.0800. The highest BCUT2D eigenvalue weighted by Gasteiger charge is 2.22. The highest BCUT2D eigenvalue weighted by atomic mass is 16.4. The van der Waals surface area contributed by atoms with Gasteiger partial charge in [-0.05, 0) is 28.3 Å². The van der Waals surface area contributed by atoms with Gasteiger partial charge in [-0.2, -0.15) is 14.6 Å². The molecule has 0 atom stereocenters. The van der Waals surface area contributed by atoms with E-state index in [-0.39, 0.29) is 11.7 Å². The second kappa shape index (κ2) is 8.28. The Balaban J connectivity index is 1.37. The molecule has 0 fully saturated rings. The van der Waals surface area contributed by atoms with E-state index < -0.39 is 0 Å². The first kappa shape index (κ1) is 18.8. The number of amides is 1. The molecule has 0 aliphatic carbocycles. The molecule has 5 rings (SSSR count). The van der Waals surface area contributed by atoms with Crippen LogP contribution in [0.2, 0.25) is 0 Å². The maximum absolute atomic E-state index is 13.0. The van der Waals surface area contributed by atoms with Crippen LogP contribution in [-0.2, 0) is 13.0 Å². The molecule has 31 heavy (non-hydrogen) atoms. The third-order valence-corrected chi connectivity index (χ3v) is 5.14. The van der Waals surface area contributed by atoms with Gasteiger partial charge in [-0.25, -0.2) is 0 Å². The van der Waals surface area contributed by atoms with Crippen LogP contribution in [0.25, 0.3) is 17.0 Å². The Hall–Kier alpha value is -4.19. The molecule has 5 aromatic rings. The fourth-order valence-electron chi connectivity index (χ4n) is 3.61. The second-order valence-electron chi connectivity index (χ2n) is 7.24. The lowest BCUT2D eigenvalue weighted by molar-refractivity contribution is 0.0923. The van der Waals surface area contributed by atoms with Crippen molar-refractivity contribution in [1.82, 2.24) is 19.9 Å². The molecule has 6 heteroatoms. The summed E-state index contributed by atoms with van der Waals surface area (Å²) in [7, 11) is 0. The third kappa shape index (κ3) is 3.96. The SMILES string of the molecule is O=C(NCc1cccc(-c2ccccc2)c1)c1oc2ncnn2c1Cc1ccccc1. The highest BCUT2D eigenvalue weighted by Crippen LogP contribution is 2.21. The van der Waals surface area contributed by atoms with E-state index in [1.165, 1.54) is 6.33 Å². The van der Waals surface area contributed by atoms with Crippen LogP contribution in [0.1, 0.15) is 27.4 Å².